The number of hydrogen-bond donors (Lipinski definition) is 2. The molecule has 2 aromatic carbocycles. The Hall–Kier alpha value is -2.62. The molecule has 0 radical (unpaired) electrons. The maximum atomic E-state index is 13.4. The lowest BCUT2D eigenvalue weighted by molar-refractivity contribution is -0.134. The highest BCUT2D eigenvalue weighted by Crippen LogP contribution is 2.31. The van der Waals surface area contributed by atoms with Crippen molar-refractivity contribution in [1.29, 1.82) is 0 Å². The predicted molar refractivity (Wildman–Crippen MR) is 153 cm³/mol. The Balaban J connectivity index is 1.60. The lowest BCUT2D eigenvalue weighted by Gasteiger charge is -2.35. The van der Waals surface area contributed by atoms with Gasteiger partial charge in [0.25, 0.3) is 10.0 Å². The minimum Gasteiger partial charge on any atom is -0.488 e. The Labute approximate surface area is 233 Å². The number of amides is 1. The van der Waals surface area contributed by atoms with E-state index in [1.807, 2.05) is 6.92 Å². The molecule has 214 valence electrons. The topological polar surface area (TPSA) is 99.2 Å². The van der Waals surface area contributed by atoms with Gasteiger partial charge in [0.1, 0.15) is 11.9 Å². The Kier molecular flexibility index (Phi) is 9.91. The number of hydrogen-bond acceptors (Lipinski definition) is 6. The second-order valence-electron chi connectivity index (χ2n) is 11.4. The van der Waals surface area contributed by atoms with Crippen LogP contribution >= 0.6 is 0 Å². The first-order chi connectivity index (χ1) is 18.7. The smallest absolute Gasteiger partial charge is 0.261 e. The number of fused-ring (bicyclic) bond motifs is 1. The second-order valence-corrected chi connectivity index (χ2v) is 13.0. The van der Waals surface area contributed by atoms with Crippen LogP contribution in [0.4, 0.5) is 5.69 Å². The maximum absolute atomic E-state index is 13.4. The van der Waals surface area contributed by atoms with E-state index >= 15 is 0 Å². The van der Waals surface area contributed by atoms with Crippen molar-refractivity contribution in [2.45, 2.75) is 69.4 Å². The van der Waals surface area contributed by atoms with Crippen LogP contribution in [-0.4, -0.2) is 74.7 Å². The van der Waals surface area contributed by atoms with Crippen molar-refractivity contribution < 1.29 is 23.1 Å². The molecule has 8 nitrogen and oxygen atoms in total. The van der Waals surface area contributed by atoms with Crippen molar-refractivity contribution in [3.8, 4) is 5.75 Å². The van der Waals surface area contributed by atoms with E-state index in [0.29, 0.717) is 29.5 Å². The fourth-order valence-electron chi connectivity index (χ4n) is 5.72. The number of ether oxygens (including phenoxy) is 1. The van der Waals surface area contributed by atoms with Crippen molar-refractivity contribution in [3.05, 3.63) is 54.1 Å². The van der Waals surface area contributed by atoms with Crippen LogP contribution in [0.25, 0.3) is 0 Å². The van der Waals surface area contributed by atoms with Gasteiger partial charge in [-0.2, -0.15) is 0 Å². The molecule has 0 unspecified atom stereocenters. The number of rotatable bonds is 9. The van der Waals surface area contributed by atoms with E-state index in [4.69, 9.17) is 4.74 Å². The van der Waals surface area contributed by atoms with Crippen LogP contribution < -0.4 is 9.46 Å². The molecule has 9 heteroatoms. The van der Waals surface area contributed by atoms with Crippen molar-refractivity contribution in [2.75, 3.05) is 38.0 Å². The number of nitrogens with zero attached hydrogens (tertiary/aromatic N) is 2. The summed E-state index contributed by atoms with van der Waals surface area (Å²) in [5.41, 5.74) is 0.992. The summed E-state index contributed by atoms with van der Waals surface area (Å²) in [4.78, 5) is 17.7. The fraction of sp³-hybridized carbons (Fsp3) is 0.567. The highest BCUT2D eigenvalue weighted by molar-refractivity contribution is 7.92. The minimum atomic E-state index is -3.78. The van der Waals surface area contributed by atoms with Crippen LogP contribution in [0.15, 0.2) is 53.4 Å². The average molecular weight is 558 g/mol. The van der Waals surface area contributed by atoms with Gasteiger partial charge in [0.05, 0.1) is 24.0 Å². The summed E-state index contributed by atoms with van der Waals surface area (Å²) in [7, 11) is -1.64. The summed E-state index contributed by atoms with van der Waals surface area (Å²) in [6.45, 7) is 6.03. The Morgan fingerprint density at radius 1 is 1.10 bits per heavy atom. The van der Waals surface area contributed by atoms with Gasteiger partial charge in [0.15, 0.2) is 0 Å². The number of benzene rings is 2. The van der Waals surface area contributed by atoms with Gasteiger partial charge in [-0.25, -0.2) is 8.42 Å². The van der Waals surface area contributed by atoms with Crippen LogP contribution in [0.5, 0.6) is 5.75 Å². The summed E-state index contributed by atoms with van der Waals surface area (Å²) in [6.07, 6.45) is 6.35. The molecule has 3 atom stereocenters. The van der Waals surface area contributed by atoms with Crippen LogP contribution in [0.2, 0.25) is 0 Å². The van der Waals surface area contributed by atoms with Crippen molar-refractivity contribution in [2.24, 2.45) is 11.8 Å². The first-order valence-electron chi connectivity index (χ1n) is 14.1. The molecule has 2 N–H and O–H groups in total. The number of carbonyl (C=O) groups excluding carboxylic acids is 1. The Morgan fingerprint density at radius 2 is 1.82 bits per heavy atom. The van der Waals surface area contributed by atoms with Gasteiger partial charge in [-0.3, -0.25) is 9.52 Å². The molecule has 0 bridgehead atoms. The zero-order chi connectivity index (χ0) is 28.0. The molecule has 0 saturated heterocycles. The summed E-state index contributed by atoms with van der Waals surface area (Å²) in [6, 6.07) is 13.0. The molecule has 2 aliphatic rings. The van der Waals surface area contributed by atoms with Crippen molar-refractivity contribution in [3.63, 3.8) is 0 Å². The second kappa shape index (κ2) is 13.2. The quantitative estimate of drug-likeness (QED) is 0.481. The zero-order valence-electron chi connectivity index (χ0n) is 23.4. The van der Waals surface area contributed by atoms with Crippen LogP contribution in [0, 0.1) is 11.8 Å². The van der Waals surface area contributed by atoms with Crippen LogP contribution in [0.1, 0.15) is 51.5 Å². The summed E-state index contributed by atoms with van der Waals surface area (Å²) >= 11 is 0. The highest BCUT2D eigenvalue weighted by Gasteiger charge is 2.31. The largest absolute Gasteiger partial charge is 0.488 e. The normalized spacial score (nSPS) is 21.9. The Bertz CT molecular complexity index is 1200. The first-order valence-corrected chi connectivity index (χ1v) is 15.6. The third kappa shape index (κ3) is 7.74. The number of sulfonamides is 1. The van der Waals surface area contributed by atoms with Gasteiger partial charge in [-0.05, 0) is 63.1 Å². The fourth-order valence-corrected chi connectivity index (χ4v) is 6.79. The van der Waals surface area contributed by atoms with Gasteiger partial charge in [0.2, 0.25) is 5.91 Å². The molecule has 4 rings (SSSR count). The molecule has 1 saturated carbocycles. The lowest BCUT2D eigenvalue weighted by Crippen LogP contribution is -2.48. The molecule has 1 fully saturated rings. The summed E-state index contributed by atoms with van der Waals surface area (Å²) < 4.78 is 35.1. The number of carbonyl (C=O) groups is 1. The maximum Gasteiger partial charge on any atom is 0.261 e. The number of likely N-dealkylation sites (N-methyl/N-ethyl adjacent to an activating group) is 1. The summed E-state index contributed by atoms with van der Waals surface area (Å²) in [5.74, 6) is 1.20. The molecule has 1 aliphatic heterocycles. The van der Waals surface area contributed by atoms with Crippen molar-refractivity contribution >= 4 is 21.6 Å². The lowest BCUT2D eigenvalue weighted by atomic mass is 9.89. The Morgan fingerprint density at radius 3 is 2.51 bits per heavy atom. The molecular weight excluding hydrogens is 514 g/mol. The van der Waals surface area contributed by atoms with Gasteiger partial charge in [-0.15, -0.1) is 0 Å². The number of nitrogens with one attached hydrogen (secondary N) is 1. The number of aliphatic hydroxyl groups is 1. The van der Waals surface area contributed by atoms with Gasteiger partial charge in [0, 0.05) is 36.8 Å². The minimum absolute atomic E-state index is 0.0268. The van der Waals surface area contributed by atoms with E-state index in [9.17, 15) is 18.3 Å². The van der Waals surface area contributed by atoms with Gasteiger partial charge < -0.3 is 19.6 Å². The third-order valence-corrected chi connectivity index (χ3v) is 9.41. The monoisotopic (exact) mass is 557 g/mol. The number of anilines is 1. The predicted octanol–water partition coefficient (Wildman–Crippen LogP) is 4.15. The van der Waals surface area contributed by atoms with Crippen LogP contribution in [0.3, 0.4) is 0 Å². The molecule has 1 heterocycles. The SMILES string of the molecule is C[C@@H]1CN([C@H](C)CO)C(=O)Cc2cc(NS(=O)(=O)c3ccccc3)ccc2O[C@@H]1CN(C)CC1CCCCC1. The van der Waals surface area contributed by atoms with E-state index < -0.39 is 10.0 Å². The van der Waals surface area contributed by atoms with Crippen LogP contribution in [-0.2, 0) is 21.2 Å². The van der Waals surface area contributed by atoms with E-state index in [-0.39, 0.29) is 41.9 Å². The van der Waals surface area contributed by atoms with E-state index in [0.717, 1.165) is 13.1 Å². The first kappa shape index (κ1) is 29.4. The molecule has 2 aromatic rings. The van der Waals surface area contributed by atoms with Gasteiger partial charge >= 0.3 is 0 Å². The number of aliphatic hydroxyl groups excluding tert-OH is 1. The van der Waals surface area contributed by atoms with E-state index in [1.165, 1.54) is 44.2 Å². The van der Waals surface area contributed by atoms with E-state index in [1.54, 1.807) is 41.3 Å². The average Bonchev–Trinajstić information content (AvgIpc) is 2.96. The zero-order valence-corrected chi connectivity index (χ0v) is 24.2. The standard InChI is InChI=1S/C30H43N3O5S/c1-22-18-33(23(2)21-34)30(35)17-25-16-26(31-39(36,37)27-12-8-5-9-13-27)14-15-28(25)38-29(22)20-32(3)19-24-10-6-4-7-11-24/h5,8-9,12-16,22-24,29,31,34H,4,6-7,10-11,17-21H2,1-3H3/t22-,23-,29-/m1/s1. The van der Waals surface area contributed by atoms with Crippen molar-refractivity contribution in [1.82, 2.24) is 9.80 Å². The van der Waals surface area contributed by atoms with E-state index in [2.05, 4.69) is 23.6 Å². The molecular formula is C30H43N3O5S. The molecule has 0 spiro atoms. The highest BCUT2D eigenvalue weighted by atomic mass is 32.2. The molecule has 39 heavy (non-hydrogen) atoms. The molecule has 0 aromatic heterocycles. The van der Waals surface area contributed by atoms with Gasteiger partial charge in [-0.1, -0.05) is 44.4 Å². The summed E-state index contributed by atoms with van der Waals surface area (Å²) in [5, 5.41) is 9.88. The molecule has 1 aliphatic carbocycles. The third-order valence-electron chi connectivity index (χ3n) is 8.01. The molecule has 1 amide bonds.